The van der Waals surface area contributed by atoms with E-state index in [0.29, 0.717) is 12.8 Å². The van der Waals surface area contributed by atoms with Gasteiger partial charge in [0.05, 0.1) is 0 Å². The predicted octanol–water partition coefficient (Wildman–Crippen LogP) is 5.76. The third-order valence-electron chi connectivity index (χ3n) is 6.96. The summed E-state index contributed by atoms with van der Waals surface area (Å²) < 4.78 is 32.3. The fourth-order valence-corrected chi connectivity index (χ4v) is 4.24. The van der Waals surface area contributed by atoms with Crippen LogP contribution >= 0.6 is 0 Å². The highest BCUT2D eigenvalue weighted by atomic mass is 16.9. The molecule has 14 nitrogen and oxygen atoms in total. The van der Waals surface area contributed by atoms with Gasteiger partial charge in [-0.3, -0.25) is 33.6 Å². The van der Waals surface area contributed by atoms with Gasteiger partial charge in [0.15, 0.2) is 0 Å². The van der Waals surface area contributed by atoms with Crippen molar-refractivity contribution in [2.75, 3.05) is 13.1 Å². The van der Waals surface area contributed by atoms with Crippen LogP contribution < -0.4 is 0 Å². The van der Waals surface area contributed by atoms with Gasteiger partial charge < -0.3 is 33.3 Å². The second-order valence-electron chi connectivity index (χ2n) is 11.2. The molecule has 0 heterocycles. The summed E-state index contributed by atoms with van der Waals surface area (Å²) in [6.07, 6.45) is 7.30. The van der Waals surface area contributed by atoms with Crippen molar-refractivity contribution in [1.29, 1.82) is 0 Å². The van der Waals surface area contributed by atoms with E-state index in [1.54, 1.807) is 0 Å². The first-order valence-corrected chi connectivity index (χ1v) is 17.4. The molecule has 0 saturated heterocycles. The molecule has 0 rings (SSSR count). The molecule has 0 aliphatic heterocycles. The Labute approximate surface area is 284 Å². The molecule has 0 aromatic carbocycles. The predicted molar refractivity (Wildman–Crippen MR) is 172 cm³/mol. The molecule has 0 aromatic rings. The molecule has 0 aromatic heterocycles. The van der Waals surface area contributed by atoms with E-state index in [-0.39, 0.29) is 44.9 Å². The molecule has 0 bridgehead atoms. The number of hydrogen-bond acceptors (Lipinski definition) is 13. The number of esters is 6. The molecular formula is C34H57NO13. The maximum atomic E-state index is 13.9. The van der Waals surface area contributed by atoms with Crippen molar-refractivity contribution in [1.82, 2.24) is 4.90 Å². The van der Waals surface area contributed by atoms with Crippen molar-refractivity contribution >= 4 is 41.7 Å². The van der Waals surface area contributed by atoms with E-state index in [1.165, 1.54) is 54.4 Å². The SMILES string of the molecule is CCCCCCCCCCCC(=O)N(CC(OC(=O)CC)(OC(=O)CC)OC(=O)CC)CC(OC(=O)CC)(OC(=O)CC)OC(=O)CC. The van der Waals surface area contributed by atoms with E-state index in [9.17, 15) is 33.6 Å². The van der Waals surface area contributed by atoms with Gasteiger partial charge in [-0.25, -0.2) is 0 Å². The van der Waals surface area contributed by atoms with Crippen molar-refractivity contribution in [3.05, 3.63) is 0 Å². The van der Waals surface area contributed by atoms with Gasteiger partial charge in [-0.05, 0) is 6.42 Å². The van der Waals surface area contributed by atoms with E-state index in [0.717, 1.165) is 37.0 Å². The van der Waals surface area contributed by atoms with Crippen LogP contribution in [0, 0.1) is 0 Å². The summed E-state index contributed by atoms with van der Waals surface area (Å²) in [5.41, 5.74) is 0. The van der Waals surface area contributed by atoms with Crippen molar-refractivity contribution < 1.29 is 62.0 Å². The smallest absolute Gasteiger partial charge is 0.387 e. The summed E-state index contributed by atoms with van der Waals surface area (Å²) in [5, 5.41) is 0. The fourth-order valence-electron chi connectivity index (χ4n) is 4.24. The minimum atomic E-state index is -2.77. The Morgan fingerprint density at radius 3 is 0.896 bits per heavy atom. The van der Waals surface area contributed by atoms with Crippen molar-refractivity contribution in [3.63, 3.8) is 0 Å². The van der Waals surface area contributed by atoms with Gasteiger partial charge in [0.1, 0.15) is 13.1 Å². The quantitative estimate of drug-likeness (QED) is 0.0609. The third kappa shape index (κ3) is 18.0. The summed E-state index contributed by atoms with van der Waals surface area (Å²) in [6, 6.07) is 0. The number of hydrogen-bond donors (Lipinski definition) is 0. The highest BCUT2D eigenvalue weighted by Gasteiger charge is 2.51. The third-order valence-corrected chi connectivity index (χ3v) is 6.96. The number of carbonyl (C=O) groups is 7. The normalized spacial score (nSPS) is 11.2. The number of nitrogens with zero attached hydrogens (tertiary/aromatic N) is 1. The van der Waals surface area contributed by atoms with Crippen molar-refractivity contribution in [3.8, 4) is 0 Å². The summed E-state index contributed by atoms with van der Waals surface area (Å²) in [7, 11) is 0. The first-order valence-electron chi connectivity index (χ1n) is 17.4. The molecule has 0 N–H and O–H groups in total. The van der Waals surface area contributed by atoms with Crippen LogP contribution in [0.2, 0.25) is 0 Å². The molecule has 276 valence electrons. The summed E-state index contributed by atoms with van der Waals surface area (Å²) in [6.45, 7) is 9.01. The van der Waals surface area contributed by atoms with Crippen LogP contribution in [0.4, 0.5) is 0 Å². The monoisotopic (exact) mass is 687 g/mol. The van der Waals surface area contributed by atoms with E-state index >= 15 is 0 Å². The average molecular weight is 688 g/mol. The largest absolute Gasteiger partial charge is 0.442 e. The zero-order valence-electron chi connectivity index (χ0n) is 30.0. The minimum absolute atomic E-state index is 0.0989. The van der Waals surface area contributed by atoms with Crippen LogP contribution in [-0.4, -0.2) is 71.7 Å². The summed E-state index contributed by atoms with van der Waals surface area (Å²) >= 11 is 0. The highest BCUT2D eigenvalue weighted by Crippen LogP contribution is 2.27. The Balaban J connectivity index is 6.83. The van der Waals surface area contributed by atoms with E-state index in [4.69, 9.17) is 28.4 Å². The molecule has 0 saturated carbocycles. The standard InChI is InChI=1S/C34H57NO13/c1-8-15-16-17-18-19-20-21-22-23-26(36)35(24-33(43-27(37)9-2,44-28(38)10-3)45-29(39)11-4)25-34(46-30(40)12-5,47-31(41)13-6)48-32(42)14-7/h8-25H2,1-7H3. The number of rotatable bonds is 26. The lowest BCUT2D eigenvalue weighted by molar-refractivity contribution is -0.348. The van der Waals surface area contributed by atoms with E-state index < -0.39 is 66.8 Å². The minimum Gasteiger partial charge on any atom is -0.387 e. The Morgan fingerprint density at radius 1 is 0.396 bits per heavy atom. The van der Waals surface area contributed by atoms with E-state index in [1.807, 2.05) is 0 Å². The molecule has 14 heteroatoms. The molecule has 0 fully saturated rings. The van der Waals surface area contributed by atoms with Crippen molar-refractivity contribution in [2.24, 2.45) is 0 Å². The lowest BCUT2D eigenvalue weighted by Gasteiger charge is -2.39. The second kappa shape index (κ2) is 24.4. The molecule has 0 unspecified atom stereocenters. The number of amides is 1. The first-order chi connectivity index (χ1) is 22.8. The zero-order chi connectivity index (χ0) is 36.6. The molecule has 1 amide bonds. The lowest BCUT2D eigenvalue weighted by Crippen LogP contribution is -2.59. The fraction of sp³-hybridized carbons (Fsp3) is 0.794. The lowest BCUT2D eigenvalue weighted by atomic mass is 10.1. The second-order valence-corrected chi connectivity index (χ2v) is 11.2. The van der Waals surface area contributed by atoms with Gasteiger partial charge in [0.25, 0.3) is 0 Å². The Bertz CT molecular complexity index is 887. The Kier molecular flexibility index (Phi) is 22.5. The Hall–Kier alpha value is -3.71. The Morgan fingerprint density at radius 2 is 0.646 bits per heavy atom. The van der Waals surface area contributed by atoms with Crippen molar-refractivity contribution in [2.45, 2.75) is 163 Å². The molecule has 0 spiro atoms. The maximum Gasteiger partial charge on any atom is 0.442 e. The van der Waals surface area contributed by atoms with Crippen LogP contribution in [0.15, 0.2) is 0 Å². The average Bonchev–Trinajstić information content (AvgIpc) is 3.06. The maximum absolute atomic E-state index is 13.9. The van der Waals surface area contributed by atoms with Gasteiger partial charge in [-0.1, -0.05) is 99.8 Å². The van der Waals surface area contributed by atoms with Gasteiger partial charge in [0.2, 0.25) is 5.91 Å². The van der Waals surface area contributed by atoms with Gasteiger partial charge >= 0.3 is 47.8 Å². The topological polar surface area (TPSA) is 178 Å². The first kappa shape index (κ1) is 44.3. The van der Waals surface area contributed by atoms with Gasteiger partial charge in [0, 0.05) is 44.9 Å². The number of ether oxygens (including phenoxy) is 6. The number of unbranched alkanes of at least 4 members (excludes halogenated alkanes) is 8. The number of carbonyl (C=O) groups excluding carboxylic acids is 7. The van der Waals surface area contributed by atoms with Crippen LogP contribution in [0.5, 0.6) is 0 Å². The molecule has 0 aliphatic rings. The van der Waals surface area contributed by atoms with Gasteiger partial charge in [-0.15, -0.1) is 0 Å². The molecule has 0 atom stereocenters. The van der Waals surface area contributed by atoms with Gasteiger partial charge in [-0.2, -0.15) is 0 Å². The van der Waals surface area contributed by atoms with Crippen LogP contribution in [-0.2, 0) is 62.0 Å². The summed E-state index contributed by atoms with van der Waals surface area (Å²) in [4.78, 5) is 90.4. The molecule has 48 heavy (non-hydrogen) atoms. The zero-order valence-corrected chi connectivity index (χ0v) is 30.0. The summed E-state index contributed by atoms with van der Waals surface area (Å²) in [5.74, 6) is -11.8. The highest BCUT2D eigenvalue weighted by molar-refractivity contribution is 5.78. The van der Waals surface area contributed by atoms with Crippen LogP contribution in [0.25, 0.3) is 0 Å². The van der Waals surface area contributed by atoms with E-state index in [2.05, 4.69) is 6.92 Å². The van der Waals surface area contributed by atoms with Crippen LogP contribution in [0.1, 0.15) is 151 Å². The molecule has 0 radical (unpaired) electrons. The van der Waals surface area contributed by atoms with Crippen LogP contribution in [0.3, 0.4) is 0 Å². The molecule has 0 aliphatic carbocycles. The molecular weight excluding hydrogens is 630 g/mol.